The minimum absolute atomic E-state index is 0.0117. The highest BCUT2D eigenvalue weighted by Crippen LogP contribution is 2.35. The molecule has 2 aliphatic rings. The Bertz CT molecular complexity index is 1210. The van der Waals surface area contributed by atoms with Gasteiger partial charge in [-0.1, -0.05) is 12.1 Å². The molecule has 3 heterocycles. The number of benzene rings is 2. The van der Waals surface area contributed by atoms with Gasteiger partial charge in [-0.2, -0.15) is 0 Å². The van der Waals surface area contributed by atoms with Gasteiger partial charge in [0.15, 0.2) is 5.88 Å². The number of hydrogen-bond donors (Lipinski definition) is 3. The summed E-state index contributed by atoms with van der Waals surface area (Å²) in [6, 6.07) is 11.6. The van der Waals surface area contributed by atoms with Crippen LogP contribution >= 0.6 is 0 Å². The summed E-state index contributed by atoms with van der Waals surface area (Å²) in [6.45, 7) is 0.884. The number of ether oxygens (including phenoxy) is 1. The number of aromatic hydroxyl groups is 1. The number of nitrogens with one attached hydrogen (secondary N) is 2. The van der Waals surface area contributed by atoms with Crippen molar-refractivity contribution >= 4 is 29.0 Å². The molecule has 0 fully saturated rings. The molecule has 0 unspecified atom stereocenters. The zero-order valence-corrected chi connectivity index (χ0v) is 14.5. The number of H-pyrrole nitrogens is 1. The van der Waals surface area contributed by atoms with Crippen LogP contribution in [-0.4, -0.2) is 29.1 Å². The minimum Gasteiger partial charge on any atom is -0.494 e. The smallest absolute Gasteiger partial charge is 0.197 e. The van der Waals surface area contributed by atoms with Crippen molar-refractivity contribution in [1.29, 1.82) is 0 Å². The van der Waals surface area contributed by atoms with Crippen LogP contribution in [0.5, 0.6) is 11.6 Å². The Kier molecular flexibility index (Phi) is 3.67. The van der Waals surface area contributed by atoms with E-state index in [0.29, 0.717) is 5.56 Å². The molecule has 0 spiro atoms. The van der Waals surface area contributed by atoms with Gasteiger partial charge in [-0.15, -0.1) is 0 Å². The van der Waals surface area contributed by atoms with Crippen molar-refractivity contribution in [2.45, 2.75) is 12.5 Å². The lowest BCUT2D eigenvalue weighted by molar-refractivity contribution is 0.235. The van der Waals surface area contributed by atoms with Crippen LogP contribution in [0.2, 0.25) is 0 Å². The fourth-order valence-corrected chi connectivity index (χ4v) is 3.47. The fraction of sp³-hybridized carbons (Fsp3) is 0.143. The largest absolute Gasteiger partial charge is 0.494 e. The van der Waals surface area contributed by atoms with Crippen LogP contribution in [0.1, 0.15) is 12.0 Å². The number of aliphatic imine (C=N–C) groups is 1. The molecule has 1 aromatic heterocycles. The van der Waals surface area contributed by atoms with Crippen molar-refractivity contribution in [2.24, 2.45) is 9.98 Å². The van der Waals surface area contributed by atoms with E-state index in [9.17, 15) is 5.11 Å². The Balaban J connectivity index is 1.64. The number of nitrogens with zero attached hydrogens (tertiary/aromatic N) is 2. The molecule has 0 saturated carbocycles. The van der Waals surface area contributed by atoms with Crippen LogP contribution in [0, 0.1) is 0 Å². The van der Waals surface area contributed by atoms with Crippen molar-refractivity contribution in [1.82, 2.24) is 10.3 Å². The maximum Gasteiger partial charge on any atom is 0.197 e. The van der Waals surface area contributed by atoms with Gasteiger partial charge >= 0.3 is 0 Å². The van der Waals surface area contributed by atoms with Crippen LogP contribution in [0.15, 0.2) is 58.7 Å². The predicted molar refractivity (Wildman–Crippen MR) is 105 cm³/mol. The molecule has 1 atom stereocenters. The predicted octanol–water partition coefficient (Wildman–Crippen LogP) is 2.25. The lowest BCUT2D eigenvalue weighted by Crippen LogP contribution is -2.25. The summed E-state index contributed by atoms with van der Waals surface area (Å²) in [5, 5.41) is 16.3. The van der Waals surface area contributed by atoms with Gasteiger partial charge in [0.2, 0.25) is 0 Å². The topological polar surface area (TPSA) is 82.0 Å². The third-order valence-electron chi connectivity index (χ3n) is 4.79. The maximum atomic E-state index is 10.5. The number of aromatic amines is 1. The van der Waals surface area contributed by atoms with Crippen molar-refractivity contribution in [3.05, 3.63) is 64.8 Å². The Hall–Kier alpha value is -3.54. The molecular formula is C21H18N4O2. The van der Waals surface area contributed by atoms with Gasteiger partial charge in [0.05, 0.1) is 21.9 Å². The van der Waals surface area contributed by atoms with Gasteiger partial charge in [0.1, 0.15) is 18.2 Å². The average Bonchev–Trinajstić information content (AvgIpc) is 3.27. The molecule has 5 rings (SSSR count). The van der Waals surface area contributed by atoms with Crippen LogP contribution in [-0.2, 0) is 0 Å². The van der Waals surface area contributed by atoms with Crippen LogP contribution < -0.4 is 20.6 Å². The molecule has 2 aliphatic heterocycles. The van der Waals surface area contributed by atoms with Gasteiger partial charge in [0.25, 0.3) is 0 Å². The van der Waals surface area contributed by atoms with Crippen molar-refractivity contribution in [3.8, 4) is 11.6 Å². The summed E-state index contributed by atoms with van der Waals surface area (Å²) in [6.07, 6.45) is 8.34. The van der Waals surface area contributed by atoms with E-state index in [1.165, 1.54) is 0 Å². The van der Waals surface area contributed by atoms with Gasteiger partial charge < -0.3 is 20.1 Å². The summed E-state index contributed by atoms with van der Waals surface area (Å²) in [5.41, 5.74) is 2.38. The molecule has 0 amide bonds. The average molecular weight is 358 g/mol. The van der Waals surface area contributed by atoms with E-state index in [-0.39, 0.29) is 12.0 Å². The lowest BCUT2D eigenvalue weighted by atomic mass is 10.1. The number of rotatable bonds is 3. The highest BCUT2D eigenvalue weighted by atomic mass is 16.5. The quantitative estimate of drug-likeness (QED) is 0.672. The van der Waals surface area contributed by atoms with Crippen LogP contribution in [0.4, 0.5) is 5.69 Å². The summed E-state index contributed by atoms with van der Waals surface area (Å²) >= 11 is 0. The van der Waals surface area contributed by atoms with E-state index in [2.05, 4.69) is 20.3 Å². The zero-order valence-electron chi connectivity index (χ0n) is 14.5. The van der Waals surface area contributed by atoms with E-state index in [0.717, 1.165) is 45.9 Å². The fourth-order valence-electron chi connectivity index (χ4n) is 3.47. The molecule has 2 aromatic carbocycles. The van der Waals surface area contributed by atoms with Crippen LogP contribution in [0.3, 0.4) is 0 Å². The van der Waals surface area contributed by atoms with E-state index in [1.807, 2.05) is 54.8 Å². The molecule has 134 valence electrons. The number of aromatic nitrogens is 1. The molecule has 0 bridgehead atoms. The standard InChI is InChI=1S/C21H18N4O2/c26-21-15(10-13-4-5-16-18(11-13)24-12-23-16)20-17(25-21)2-1-3-19(20)27-14-6-8-22-9-7-14/h1-6,8,10-12,14,22,25-26H,7,9H2/b13-10-/t14-/m0/s1. The second kappa shape index (κ2) is 6.32. The number of fused-ring (bicyclic) bond motifs is 2. The van der Waals surface area contributed by atoms with Gasteiger partial charge in [-0.3, -0.25) is 0 Å². The second-order valence-electron chi connectivity index (χ2n) is 6.59. The first-order valence-electron chi connectivity index (χ1n) is 8.90. The molecule has 3 N–H and O–H groups in total. The Morgan fingerprint density at radius 3 is 3.07 bits per heavy atom. The Morgan fingerprint density at radius 2 is 2.19 bits per heavy atom. The molecule has 0 radical (unpaired) electrons. The van der Waals surface area contributed by atoms with E-state index >= 15 is 0 Å². The van der Waals surface area contributed by atoms with Gasteiger partial charge in [-0.05, 0) is 47.8 Å². The first-order valence-corrected chi connectivity index (χ1v) is 8.90. The SMILES string of the molecule is Oc1[nH]c2cccc(O[C@H]3C=CNCC3)c2c1/C=c1/ccc2c(c1)N=CN=2. The molecular weight excluding hydrogens is 340 g/mol. The molecule has 3 aromatic rings. The van der Waals surface area contributed by atoms with Crippen molar-refractivity contribution in [2.75, 3.05) is 6.54 Å². The highest BCUT2D eigenvalue weighted by Gasteiger charge is 2.17. The number of hydrogen-bond acceptors (Lipinski definition) is 5. The third kappa shape index (κ3) is 2.85. The van der Waals surface area contributed by atoms with Crippen molar-refractivity contribution < 1.29 is 9.84 Å². The molecule has 6 heteroatoms. The molecule has 6 nitrogen and oxygen atoms in total. The summed E-state index contributed by atoms with van der Waals surface area (Å²) < 4.78 is 6.22. The zero-order chi connectivity index (χ0) is 18.2. The van der Waals surface area contributed by atoms with E-state index in [1.54, 1.807) is 6.34 Å². The normalized spacial score (nSPS) is 18.4. The molecule has 0 saturated heterocycles. The summed E-state index contributed by atoms with van der Waals surface area (Å²) in [4.78, 5) is 11.5. The van der Waals surface area contributed by atoms with Gasteiger partial charge in [-0.25, -0.2) is 9.98 Å². The third-order valence-corrected chi connectivity index (χ3v) is 4.79. The molecule has 27 heavy (non-hydrogen) atoms. The molecule has 0 aliphatic carbocycles. The van der Waals surface area contributed by atoms with Crippen LogP contribution in [0.25, 0.3) is 17.0 Å². The minimum atomic E-state index is 0.0117. The van der Waals surface area contributed by atoms with E-state index < -0.39 is 0 Å². The van der Waals surface area contributed by atoms with Crippen molar-refractivity contribution in [3.63, 3.8) is 0 Å². The first kappa shape index (κ1) is 15.7. The maximum absolute atomic E-state index is 10.5. The second-order valence-corrected chi connectivity index (χ2v) is 6.59. The Morgan fingerprint density at radius 1 is 1.22 bits per heavy atom. The summed E-state index contributed by atoms with van der Waals surface area (Å²) in [7, 11) is 0. The van der Waals surface area contributed by atoms with E-state index in [4.69, 9.17) is 4.74 Å². The van der Waals surface area contributed by atoms with Gasteiger partial charge in [0, 0.05) is 18.5 Å². The first-order chi connectivity index (χ1) is 13.3. The Labute approximate surface area is 155 Å². The lowest BCUT2D eigenvalue weighted by Gasteiger charge is -2.20. The summed E-state index contributed by atoms with van der Waals surface area (Å²) in [5.74, 6) is 0.872. The highest BCUT2D eigenvalue weighted by molar-refractivity contribution is 5.96. The monoisotopic (exact) mass is 358 g/mol.